The molecule has 2 amide bonds. The highest BCUT2D eigenvalue weighted by molar-refractivity contribution is 5.79. The summed E-state index contributed by atoms with van der Waals surface area (Å²) < 4.78 is 5.34. The van der Waals surface area contributed by atoms with Gasteiger partial charge >= 0.3 is 6.09 Å². The van der Waals surface area contributed by atoms with Gasteiger partial charge in [0.1, 0.15) is 5.60 Å². The largest absolute Gasteiger partial charge is 0.444 e. The van der Waals surface area contributed by atoms with E-state index in [1.54, 1.807) is 9.80 Å². The van der Waals surface area contributed by atoms with Gasteiger partial charge in [0.25, 0.3) is 0 Å². The average molecular weight is 284 g/mol. The van der Waals surface area contributed by atoms with Crippen molar-refractivity contribution in [2.24, 2.45) is 0 Å². The zero-order valence-corrected chi connectivity index (χ0v) is 12.5. The molecule has 2 aliphatic rings. The van der Waals surface area contributed by atoms with Gasteiger partial charge in [0.2, 0.25) is 5.91 Å². The molecule has 6 heteroatoms. The fraction of sp³-hybridized carbons (Fsp3) is 0.857. The number of nitrogens with zero attached hydrogens (tertiary/aromatic N) is 2. The van der Waals surface area contributed by atoms with Gasteiger partial charge in [-0.1, -0.05) is 0 Å². The Kier molecular flexibility index (Phi) is 4.22. The molecule has 2 saturated heterocycles. The third-order valence-corrected chi connectivity index (χ3v) is 3.69. The second-order valence-electron chi connectivity index (χ2n) is 6.60. The summed E-state index contributed by atoms with van der Waals surface area (Å²) in [5.41, 5.74) is -0.483. The molecule has 0 saturated carbocycles. The van der Waals surface area contributed by atoms with E-state index in [2.05, 4.69) is 0 Å². The third kappa shape index (κ3) is 3.62. The minimum atomic E-state index is -0.536. The van der Waals surface area contributed by atoms with Crippen LogP contribution in [0, 0.1) is 0 Å². The van der Waals surface area contributed by atoms with Gasteiger partial charge in [0.05, 0.1) is 12.5 Å². The number of rotatable bonds is 1. The van der Waals surface area contributed by atoms with Crippen molar-refractivity contribution in [1.29, 1.82) is 0 Å². The van der Waals surface area contributed by atoms with E-state index in [0.29, 0.717) is 19.6 Å². The molecule has 0 aromatic rings. The minimum Gasteiger partial charge on any atom is -0.444 e. The lowest BCUT2D eigenvalue weighted by Crippen LogP contribution is -2.48. The number of hydrogen-bond acceptors (Lipinski definition) is 4. The summed E-state index contributed by atoms with van der Waals surface area (Å²) in [4.78, 5) is 27.1. The molecule has 2 aliphatic heterocycles. The number of carbonyl (C=O) groups is 2. The van der Waals surface area contributed by atoms with E-state index < -0.39 is 11.7 Å². The van der Waals surface area contributed by atoms with Crippen LogP contribution in [-0.2, 0) is 9.53 Å². The first-order chi connectivity index (χ1) is 9.26. The summed E-state index contributed by atoms with van der Waals surface area (Å²) in [6, 6.07) is 0.137. The zero-order chi connectivity index (χ0) is 14.9. The summed E-state index contributed by atoms with van der Waals surface area (Å²) in [6.45, 7) is 7.17. The number of likely N-dealkylation sites (tertiary alicyclic amines) is 2. The number of aliphatic hydroxyl groups is 1. The number of aliphatic hydroxyl groups excluding tert-OH is 1. The second kappa shape index (κ2) is 5.60. The van der Waals surface area contributed by atoms with Gasteiger partial charge in [-0.25, -0.2) is 4.79 Å². The molecule has 114 valence electrons. The molecule has 6 nitrogen and oxygen atoms in total. The van der Waals surface area contributed by atoms with Crippen LogP contribution >= 0.6 is 0 Å². The molecule has 2 rings (SSSR count). The predicted molar refractivity (Wildman–Crippen MR) is 73.2 cm³/mol. The molecule has 0 spiro atoms. The monoisotopic (exact) mass is 284 g/mol. The molecular formula is C14H24N2O4. The Bertz CT molecular complexity index is 383. The second-order valence-corrected chi connectivity index (χ2v) is 6.60. The molecule has 0 aliphatic carbocycles. The van der Waals surface area contributed by atoms with Crippen molar-refractivity contribution >= 4 is 12.0 Å². The van der Waals surface area contributed by atoms with E-state index in [9.17, 15) is 14.7 Å². The van der Waals surface area contributed by atoms with Crippen molar-refractivity contribution in [3.8, 4) is 0 Å². The van der Waals surface area contributed by atoms with Crippen molar-refractivity contribution in [2.45, 2.75) is 57.8 Å². The van der Waals surface area contributed by atoms with Gasteiger partial charge in [0.15, 0.2) is 0 Å². The highest BCUT2D eigenvalue weighted by atomic mass is 16.6. The lowest BCUT2D eigenvalue weighted by Gasteiger charge is -2.37. The van der Waals surface area contributed by atoms with Crippen LogP contribution in [0.2, 0.25) is 0 Å². The van der Waals surface area contributed by atoms with Crippen LogP contribution in [0.15, 0.2) is 0 Å². The Balaban J connectivity index is 1.83. The Hall–Kier alpha value is -1.30. The van der Waals surface area contributed by atoms with Crippen molar-refractivity contribution in [1.82, 2.24) is 9.80 Å². The van der Waals surface area contributed by atoms with Crippen LogP contribution in [0.4, 0.5) is 4.79 Å². The Morgan fingerprint density at radius 3 is 2.35 bits per heavy atom. The van der Waals surface area contributed by atoms with Crippen molar-refractivity contribution in [2.75, 3.05) is 19.6 Å². The zero-order valence-electron chi connectivity index (χ0n) is 12.5. The number of carbonyl (C=O) groups excluding carboxylic acids is 2. The van der Waals surface area contributed by atoms with Crippen LogP contribution in [0.1, 0.15) is 40.0 Å². The van der Waals surface area contributed by atoms with E-state index in [1.165, 1.54) is 0 Å². The minimum absolute atomic E-state index is 0.0215. The van der Waals surface area contributed by atoms with Crippen LogP contribution in [0.3, 0.4) is 0 Å². The third-order valence-electron chi connectivity index (χ3n) is 3.69. The smallest absolute Gasteiger partial charge is 0.410 e. The average Bonchev–Trinajstić information content (AvgIpc) is 2.66. The maximum Gasteiger partial charge on any atom is 0.410 e. The number of amides is 2. The Morgan fingerprint density at radius 2 is 1.90 bits per heavy atom. The predicted octanol–water partition coefficient (Wildman–Crippen LogP) is 0.979. The molecule has 0 aromatic carbocycles. The fourth-order valence-corrected chi connectivity index (χ4v) is 2.75. The maximum atomic E-state index is 11.9. The molecule has 1 N–H and O–H groups in total. The number of hydrogen-bond donors (Lipinski definition) is 1. The molecule has 0 radical (unpaired) electrons. The summed E-state index contributed by atoms with van der Waals surface area (Å²) in [6.07, 6.45) is 0.900. The van der Waals surface area contributed by atoms with Gasteiger partial charge < -0.3 is 19.6 Å². The van der Waals surface area contributed by atoms with E-state index in [4.69, 9.17) is 4.74 Å². The van der Waals surface area contributed by atoms with E-state index >= 15 is 0 Å². The molecule has 2 fully saturated rings. The number of ether oxygens (including phenoxy) is 1. The Morgan fingerprint density at radius 1 is 1.30 bits per heavy atom. The molecule has 0 bridgehead atoms. The molecule has 1 unspecified atom stereocenters. The quantitative estimate of drug-likeness (QED) is 0.779. The van der Waals surface area contributed by atoms with E-state index in [-0.39, 0.29) is 24.5 Å². The fourth-order valence-electron chi connectivity index (χ4n) is 2.75. The Labute approximate surface area is 119 Å². The first-order valence-corrected chi connectivity index (χ1v) is 7.22. The van der Waals surface area contributed by atoms with Crippen molar-refractivity contribution in [3.63, 3.8) is 0 Å². The molecule has 2 heterocycles. The lowest BCUT2D eigenvalue weighted by molar-refractivity contribution is -0.130. The van der Waals surface area contributed by atoms with Gasteiger partial charge in [-0.05, 0) is 33.6 Å². The highest BCUT2D eigenvalue weighted by Crippen LogP contribution is 2.23. The summed E-state index contributed by atoms with van der Waals surface area (Å²) in [7, 11) is 0. The highest BCUT2D eigenvalue weighted by Gasteiger charge is 2.36. The first-order valence-electron chi connectivity index (χ1n) is 7.22. The summed E-state index contributed by atoms with van der Waals surface area (Å²) >= 11 is 0. The summed E-state index contributed by atoms with van der Waals surface area (Å²) in [5.74, 6) is 0.0215. The molecular weight excluding hydrogens is 260 g/mol. The van der Waals surface area contributed by atoms with Crippen molar-refractivity contribution in [3.05, 3.63) is 0 Å². The van der Waals surface area contributed by atoms with Gasteiger partial charge in [-0.2, -0.15) is 0 Å². The molecule has 1 atom stereocenters. The van der Waals surface area contributed by atoms with Crippen LogP contribution in [-0.4, -0.2) is 64.3 Å². The first kappa shape index (κ1) is 15.1. The SMILES string of the molecule is CC(C)(C)OC(=O)N1CCC(N2CC(O)CC2=O)CC1. The lowest BCUT2D eigenvalue weighted by atomic mass is 10.0. The van der Waals surface area contributed by atoms with Gasteiger partial charge in [-0.15, -0.1) is 0 Å². The van der Waals surface area contributed by atoms with Crippen LogP contribution in [0.5, 0.6) is 0 Å². The van der Waals surface area contributed by atoms with Crippen LogP contribution in [0.25, 0.3) is 0 Å². The van der Waals surface area contributed by atoms with Gasteiger partial charge in [0, 0.05) is 25.7 Å². The molecule has 20 heavy (non-hydrogen) atoms. The topological polar surface area (TPSA) is 70.1 Å². The number of β-amino-alcohol motifs (C(OH)–C–C–N with tert-alkyl or cyclic N) is 1. The van der Waals surface area contributed by atoms with E-state index in [0.717, 1.165) is 12.8 Å². The van der Waals surface area contributed by atoms with Crippen molar-refractivity contribution < 1.29 is 19.4 Å². The molecule has 0 aromatic heterocycles. The van der Waals surface area contributed by atoms with Gasteiger partial charge in [-0.3, -0.25) is 4.79 Å². The normalized spacial score (nSPS) is 25.2. The van der Waals surface area contributed by atoms with E-state index in [1.807, 2.05) is 20.8 Å². The maximum absolute atomic E-state index is 11.9. The van der Waals surface area contributed by atoms with Crippen LogP contribution < -0.4 is 0 Å². The number of piperidine rings is 1. The standard InChI is InChI=1S/C14H24N2O4/c1-14(2,3)20-13(19)15-6-4-10(5-7-15)16-9-11(17)8-12(16)18/h10-11,17H,4-9H2,1-3H3. The summed E-state index contributed by atoms with van der Waals surface area (Å²) in [5, 5.41) is 9.52.